The van der Waals surface area contributed by atoms with Crippen LogP contribution in [0.25, 0.3) is 0 Å². The van der Waals surface area contributed by atoms with E-state index in [0.29, 0.717) is 19.0 Å². The van der Waals surface area contributed by atoms with E-state index >= 15 is 0 Å². The predicted octanol–water partition coefficient (Wildman–Crippen LogP) is 11.3. The van der Waals surface area contributed by atoms with Crippen molar-refractivity contribution in [3.63, 3.8) is 0 Å². The van der Waals surface area contributed by atoms with Crippen molar-refractivity contribution in [2.45, 2.75) is 128 Å². The van der Waals surface area contributed by atoms with Gasteiger partial charge in [-0.25, -0.2) is 0 Å². The van der Waals surface area contributed by atoms with Gasteiger partial charge < -0.3 is 47.4 Å². The largest absolute Gasteiger partial charge is 0.455 e. The zero-order valence-corrected chi connectivity index (χ0v) is 43.2. The van der Waals surface area contributed by atoms with Gasteiger partial charge in [0.25, 0.3) is 0 Å². The molecule has 12 heteroatoms. The monoisotopic (exact) mass is 1010 g/mol. The van der Waals surface area contributed by atoms with Crippen LogP contribution in [0.15, 0.2) is 182 Å². The minimum atomic E-state index is -1.13. The Balaban J connectivity index is 1.21. The predicted molar refractivity (Wildman–Crippen MR) is 282 cm³/mol. The Morgan fingerprint density at radius 1 is 0.438 bits per heavy atom. The molecule has 6 aromatic carbocycles. The number of ether oxygens (including phenoxy) is 10. The second-order valence-electron chi connectivity index (χ2n) is 19.3. The van der Waals surface area contributed by atoms with Crippen LogP contribution in [-0.2, 0) is 91.8 Å². The fraction of sp³-hybridized carbons (Fsp3) is 0.393. The van der Waals surface area contributed by atoms with Crippen molar-refractivity contribution in [2.75, 3.05) is 19.0 Å². The van der Waals surface area contributed by atoms with E-state index in [1.54, 1.807) is 11.8 Å². The molecule has 0 spiro atoms. The van der Waals surface area contributed by atoms with Crippen LogP contribution in [0.4, 0.5) is 0 Å². The Kier molecular flexibility index (Phi) is 20.7. The van der Waals surface area contributed by atoms with Crippen molar-refractivity contribution in [3.8, 4) is 0 Å². The van der Waals surface area contributed by atoms with Gasteiger partial charge in [-0.2, -0.15) is 0 Å². The molecule has 2 aliphatic heterocycles. The highest BCUT2D eigenvalue weighted by molar-refractivity contribution is 7.99. The summed E-state index contributed by atoms with van der Waals surface area (Å²) in [5.41, 5.74) is 4.41. The minimum Gasteiger partial charge on any atom is -0.455 e. The number of thioether (sulfide) groups is 1. The minimum absolute atomic E-state index is 0.119. The third kappa shape index (κ3) is 16.1. The highest BCUT2D eigenvalue weighted by Crippen LogP contribution is 2.39. The van der Waals surface area contributed by atoms with Crippen LogP contribution >= 0.6 is 11.8 Å². The molecular weight excluding hydrogens is 941 g/mol. The van der Waals surface area contributed by atoms with E-state index in [0.717, 1.165) is 33.4 Å². The van der Waals surface area contributed by atoms with Crippen molar-refractivity contribution in [1.82, 2.24) is 0 Å². The molecule has 2 saturated heterocycles. The smallest absolute Gasteiger partial charge is 0.311 e. The Morgan fingerprint density at radius 3 is 1.16 bits per heavy atom. The molecule has 2 aliphatic rings. The number of rotatable bonds is 25. The number of esters is 1. The lowest BCUT2D eigenvalue weighted by Gasteiger charge is -2.50. The fourth-order valence-electron chi connectivity index (χ4n) is 8.74. The van der Waals surface area contributed by atoms with E-state index < -0.39 is 71.9 Å². The summed E-state index contributed by atoms with van der Waals surface area (Å²) >= 11 is 1.54. The summed E-state index contributed by atoms with van der Waals surface area (Å²) in [7, 11) is 0. The van der Waals surface area contributed by atoms with Gasteiger partial charge in [0.15, 0.2) is 12.4 Å². The maximum Gasteiger partial charge on any atom is 0.311 e. The molecular formula is C61H70O11S. The summed E-state index contributed by atoms with van der Waals surface area (Å²) in [5, 5.41) is 0. The van der Waals surface area contributed by atoms with E-state index in [2.05, 4.69) is 6.92 Å². The van der Waals surface area contributed by atoms with Crippen LogP contribution in [-0.4, -0.2) is 85.5 Å². The molecule has 0 aromatic heterocycles. The van der Waals surface area contributed by atoms with Crippen molar-refractivity contribution in [2.24, 2.45) is 5.41 Å². The Morgan fingerprint density at radius 2 is 0.781 bits per heavy atom. The van der Waals surface area contributed by atoms with E-state index in [1.165, 1.54) is 0 Å². The Bertz CT molecular complexity index is 2470. The lowest BCUT2D eigenvalue weighted by molar-refractivity contribution is -0.358. The average molecular weight is 1010 g/mol. The van der Waals surface area contributed by atoms with Crippen LogP contribution in [0.3, 0.4) is 0 Å². The topological polar surface area (TPSA) is 109 Å². The highest BCUT2D eigenvalue weighted by atomic mass is 32.2. The quantitative estimate of drug-likeness (QED) is 0.0509. The third-order valence-corrected chi connectivity index (χ3v) is 13.6. The van der Waals surface area contributed by atoms with Crippen LogP contribution < -0.4 is 0 Å². The number of hydrogen-bond acceptors (Lipinski definition) is 12. The van der Waals surface area contributed by atoms with Crippen molar-refractivity contribution in [3.05, 3.63) is 215 Å². The lowest BCUT2D eigenvalue weighted by atomic mass is 9.95. The molecule has 0 radical (unpaired) electrons. The standard InChI is InChI=1S/C61H70O11S/c1-5-73-59-57(72-60(62)61(2,3)4)55(67-40-48-32-20-10-21-33-48)53(51(70-59)43-64-37-45-26-14-7-15-27-45)71-58-56(68-41-49-34-22-11-23-35-49)54(66-39-47-30-18-9-19-31-47)52(65-38-46-28-16-8-17-29-46)50(69-58)42-63-36-44-24-12-6-13-25-44/h6-35,50-59H,5,36-43H2,1-4H3/t50-,51-,52+,53-,54+,55+,56-,57+,58+,59+/m1/s1. The molecule has 6 aromatic rings. The summed E-state index contributed by atoms with van der Waals surface area (Å²) in [6.07, 6.45) is -7.69. The molecule has 8 rings (SSSR count). The number of carbonyl (C=O) groups is 1. The zero-order chi connectivity index (χ0) is 50.7. The van der Waals surface area contributed by atoms with Crippen LogP contribution in [0, 0.1) is 5.41 Å². The maximum absolute atomic E-state index is 14.1. The molecule has 386 valence electrons. The number of hydrogen-bond donors (Lipinski definition) is 0. The maximum atomic E-state index is 14.1. The summed E-state index contributed by atoms with van der Waals surface area (Å²) in [4.78, 5) is 14.1. The molecule has 0 aliphatic carbocycles. The number of carbonyl (C=O) groups excluding carboxylic acids is 1. The normalized spacial score (nSPS) is 24.2. The van der Waals surface area contributed by atoms with Gasteiger partial charge in [-0.05, 0) is 59.9 Å². The van der Waals surface area contributed by atoms with Gasteiger partial charge in [-0.3, -0.25) is 4.79 Å². The van der Waals surface area contributed by atoms with Gasteiger partial charge in [-0.15, -0.1) is 11.8 Å². The van der Waals surface area contributed by atoms with Crippen LogP contribution in [0.5, 0.6) is 0 Å². The molecule has 0 amide bonds. The SMILES string of the molecule is CCS[C@@H]1O[C@H](COCc2ccccc2)[C@@H](O[C@@H]2O[C@H](COCc3ccccc3)[C@H](OCc3ccccc3)[C@H](OCc3ccccc3)[C@H]2OCc2ccccc2)[C@H](OCc2ccccc2)[C@@H]1OC(=O)C(C)(C)C. The molecule has 0 unspecified atom stereocenters. The zero-order valence-electron chi connectivity index (χ0n) is 42.4. The van der Waals surface area contributed by atoms with E-state index in [1.807, 2.05) is 203 Å². The first-order chi connectivity index (χ1) is 35.7. The van der Waals surface area contributed by atoms with E-state index in [-0.39, 0.29) is 39.6 Å². The van der Waals surface area contributed by atoms with Gasteiger partial charge in [-0.1, -0.05) is 189 Å². The molecule has 0 saturated carbocycles. The third-order valence-electron chi connectivity index (χ3n) is 12.6. The molecule has 2 heterocycles. The molecule has 10 atom stereocenters. The second kappa shape index (κ2) is 27.9. The molecule has 0 bridgehead atoms. The van der Waals surface area contributed by atoms with Gasteiger partial charge in [0.2, 0.25) is 0 Å². The van der Waals surface area contributed by atoms with E-state index in [4.69, 9.17) is 47.4 Å². The van der Waals surface area contributed by atoms with Crippen molar-refractivity contribution in [1.29, 1.82) is 0 Å². The first-order valence-electron chi connectivity index (χ1n) is 25.4. The molecule has 73 heavy (non-hydrogen) atoms. The Labute approximate surface area is 435 Å². The first-order valence-corrected chi connectivity index (χ1v) is 26.4. The fourth-order valence-corrected chi connectivity index (χ4v) is 9.69. The van der Waals surface area contributed by atoms with Crippen LogP contribution in [0.2, 0.25) is 0 Å². The Hall–Kier alpha value is -5.22. The highest BCUT2D eigenvalue weighted by Gasteiger charge is 2.55. The molecule has 0 N–H and O–H groups in total. The second-order valence-corrected chi connectivity index (χ2v) is 20.7. The summed E-state index contributed by atoms with van der Waals surface area (Å²) in [5.74, 6) is 0.286. The van der Waals surface area contributed by atoms with Crippen molar-refractivity contribution >= 4 is 17.7 Å². The van der Waals surface area contributed by atoms with E-state index in [9.17, 15) is 4.79 Å². The molecule has 11 nitrogen and oxygen atoms in total. The van der Waals surface area contributed by atoms with Gasteiger partial charge >= 0.3 is 5.97 Å². The summed E-state index contributed by atoms with van der Waals surface area (Å²) in [6, 6.07) is 60.0. The lowest BCUT2D eigenvalue weighted by Crippen LogP contribution is -2.66. The first kappa shape index (κ1) is 54.1. The van der Waals surface area contributed by atoms with Gasteiger partial charge in [0.05, 0.1) is 58.3 Å². The summed E-state index contributed by atoms with van der Waals surface area (Å²) in [6.45, 7) is 9.41. The number of benzene rings is 6. The molecule has 2 fully saturated rings. The average Bonchev–Trinajstić information content (AvgIpc) is 3.42. The van der Waals surface area contributed by atoms with Gasteiger partial charge in [0.1, 0.15) is 48.2 Å². The van der Waals surface area contributed by atoms with Gasteiger partial charge in [0, 0.05) is 0 Å². The van der Waals surface area contributed by atoms with Crippen molar-refractivity contribution < 1.29 is 52.2 Å². The van der Waals surface area contributed by atoms with Crippen LogP contribution in [0.1, 0.15) is 61.1 Å². The summed E-state index contributed by atoms with van der Waals surface area (Å²) < 4.78 is 69.6.